The van der Waals surface area contributed by atoms with E-state index in [2.05, 4.69) is 0 Å². The van der Waals surface area contributed by atoms with Gasteiger partial charge >= 0.3 is 0 Å². The van der Waals surface area contributed by atoms with Gasteiger partial charge in [0.1, 0.15) is 0 Å². The Bertz CT molecular complexity index is 484. The molecule has 5 nitrogen and oxygen atoms in total. The summed E-state index contributed by atoms with van der Waals surface area (Å²) in [5.74, 6) is -0.0114. The van der Waals surface area contributed by atoms with Gasteiger partial charge in [0, 0.05) is 18.2 Å². The minimum Gasteiger partial charge on any atom is -0.399 e. The zero-order chi connectivity index (χ0) is 14.0. The Morgan fingerprint density at radius 1 is 1.32 bits per heavy atom. The lowest BCUT2D eigenvalue weighted by atomic mass is 10.2. The molecule has 19 heavy (non-hydrogen) atoms. The summed E-state index contributed by atoms with van der Waals surface area (Å²) in [4.78, 5) is 24.8. The predicted octanol–water partition coefficient (Wildman–Crippen LogP) is 0.739. The minimum atomic E-state index is -0.489. The van der Waals surface area contributed by atoms with Crippen molar-refractivity contribution < 1.29 is 9.59 Å². The quantitative estimate of drug-likeness (QED) is 0.766. The number of rotatable bonds is 5. The van der Waals surface area contributed by atoms with Crippen molar-refractivity contribution in [2.45, 2.75) is 19.9 Å². The lowest BCUT2D eigenvalue weighted by Crippen LogP contribution is -2.39. The highest BCUT2D eigenvalue weighted by atomic mass is 16.2. The molecule has 2 amide bonds. The van der Waals surface area contributed by atoms with E-state index in [0.717, 1.165) is 12.0 Å². The number of amides is 2. The molecule has 1 aliphatic carbocycles. The van der Waals surface area contributed by atoms with Crippen molar-refractivity contribution in [2.24, 2.45) is 17.6 Å². The van der Waals surface area contributed by atoms with Crippen molar-refractivity contribution in [3.8, 4) is 0 Å². The van der Waals surface area contributed by atoms with E-state index in [0.29, 0.717) is 18.2 Å². The Hall–Kier alpha value is -2.04. The van der Waals surface area contributed by atoms with Gasteiger partial charge in [0.2, 0.25) is 11.8 Å². The summed E-state index contributed by atoms with van der Waals surface area (Å²) < 4.78 is 0. The molecular formula is C14H19N3O2. The smallest absolute Gasteiger partial charge is 0.237 e. The van der Waals surface area contributed by atoms with E-state index >= 15 is 0 Å². The molecule has 2 unspecified atom stereocenters. The van der Waals surface area contributed by atoms with Gasteiger partial charge in [-0.1, -0.05) is 19.1 Å². The first kappa shape index (κ1) is 13.4. The average Bonchev–Trinajstić information content (AvgIpc) is 3.07. The molecular weight excluding hydrogens is 242 g/mol. The summed E-state index contributed by atoms with van der Waals surface area (Å²) in [5.41, 5.74) is 12.4. The van der Waals surface area contributed by atoms with Gasteiger partial charge in [0.05, 0.1) is 6.54 Å². The van der Waals surface area contributed by atoms with Gasteiger partial charge in [0.25, 0.3) is 0 Å². The maximum Gasteiger partial charge on any atom is 0.237 e. The molecule has 102 valence electrons. The number of nitrogens with zero attached hydrogens (tertiary/aromatic N) is 1. The van der Waals surface area contributed by atoms with E-state index < -0.39 is 5.91 Å². The van der Waals surface area contributed by atoms with Crippen LogP contribution in [0.2, 0.25) is 0 Å². The van der Waals surface area contributed by atoms with Crippen LogP contribution in [0.4, 0.5) is 5.69 Å². The van der Waals surface area contributed by atoms with Crippen LogP contribution in [-0.2, 0) is 16.1 Å². The number of carbonyl (C=O) groups is 2. The maximum absolute atomic E-state index is 12.2. The lowest BCUT2D eigenvalue weighted by Gasteiger charge is -2.21. The van der Waals surface area contributed by atoms with Crippen molar-refractivity contribution in [1.29, 1.82) is 0 Å². The third kappa shape index (κ3) is 3.47. The van der Waals surface area contributed by atoms with Crippen LogP contribution in [0.15, 0.2) is 24.3 Å². The first-order valence-electron chi connectivity index (χ1n) is 6.39. The predicted molar refractivity (Wildman–Crippen MR) is 72.7 cm³/mol. The van der Waals surface area contributed by atoms with Gasteiger partial charge in [-0.05, 0) is 30.0 Å². The van der Waals surface area contributed by atoms with Crippen LogP contribution in [0, 0.1) is 11.8 Å². The molecule has 0 bridgehead atoms. The Labute approximate surface area is 112 Å². The highest BCUT2D eigenvalue weighted by molar-refractivity contribution is 5.86. The molecule has 5 heteroatoms. The first-order chi connectivity index (χ1) is 8.97. The van der Waals surface area contributed by atoms with Crippen LogP contribution < -0.4 is 11.5 Å². The maximum atomic E-state index is 12.2. The summed E-state index contributed by atoms with van der Waals surface area (Å²) in [7, 11) is 0. The first-order valence-corrected chi connectivity index (χ1v) is 6.39. The summed E-state index contributed by atoms with van der Waals surface area (Å²) in [6.45, 7) is 2.39. The van der Waals surface area contributed by atoms with Crippen molar-refractivity contribution in [2.75, 3.05) is 12.3 Å². The van der Waals surface area contributed by atoms with E-state index in [4.69, 9.17) is 11.5 Å². The van der Waals surface area contributed by atoms with E-state index in [1.165, 1.54) is 4.90 Å². The van der Waals surface area contributed by atoms with Crippen molar-refractivity contribution in [3.63, 3.8) is 0 Å². The van der Waals surface area contributed by atoms with Crippen LogP contribution >= 0.6 is 0 Å². The van der Waals surface area contributed by atoms with Gasteiger partial charge in [0.15, 0.2) is 0 Å². The number of anilines is 1. The molecule has 2 rings (SSSR count). The van der Waals surface area contributed by atoms with Gasteiger partial charge in [-0.3, -0.25) is 9.59 Å². The summed E-state index contributed by atoms with van der Waals surface area (Å²) in [6, 6.07) is 7.27. The third-order valence-electron chi connectivity index (χ3n) is 3.44. The Morgan fingerprint density at radius 2 is 1.89 bits per heavy atom. The van der Waals surface area contributed by atoms with E-state index in [1.54, 1.807) is 12.1 Å². The molecule has 0 heterocycles. The summed E-state index contributed by atoms with van der Waals surface area (Å²) >= 11 is 0. The number of primary amides is 1. The second-order valence-corrected chi connectivity index (χ2v) is 5.22. The van der Waals surface area contributed by atoms with E-state index in [-0.39, 0.29) is 18.4 Å². The molecule has 1 aromatic rings. The highest BCUT2D eigenvalue weighted by Gasteiger charge is 2.41. The van der Waals surface area contributed by atoms with Gasteiger partial charge in [-0.25, -0.2) is 0 Å². The van der Waals surface area contributed by atoms with E-state index in [9.17, 15) is 9.59 Å². The SMILES string of the molecule is CC1CC1C(=O)N(CC(N)=O)Cc1ccc(N)cc1. The molecule has 0 spiro atoms. The number of nitrogens with two attached hydrogens (primary N) is 2. The van der Waals surface area contributed by atoms with Gasteiger partial charge in [-0.2, -0.15) is 0 Å². The molecule has 1 aliphatic rings. The van der Waals surface area contributed by atoms with Crippen molar-refractivity contribution >= 4 is 17.5 Å². The van der Waals surface area contributed by atoms with Crippen molar-refractivity contribution in [1.82, 2.24) is 4.90 Å². The van der Waals surface area contributed by atoms with Gasteiger partial charge in [-0.15, -0.1) is 0 Å². The second-order valence-electron chi connectivity index (χ2n) is 5.22. The molecule has 0 aliphatic heterocycles. The fraction of sp³-hybridized carbons (Fsp3) is 0.429. The largest absolute Gasteiger partial charge is 0.399 e. The zero-order valence-corrected chi connectivity index (χ0v) is 11.0. The van der Waals surface area contributed by atoms with Crippen LogP contribution in [0.5, 0.6) is 0 Å². The monoisotopic (exact) mass is 261 g/mol. The number of benzene rings is 1. The Kier molecular flexibility index (Phi) is 3.74. The molecule has 1 aromatic carbocycles. The molecule has 1 saturated carbocycles. The lowest BCUT2D eigenvalue weighted by molar-refractivity contribution is -0.137. The second kappa shape index (κ2) is 5.30. The fourth-order valence-electron chi connectivity index (χ4n) is 2.14. The molecule has 0 radical (unpaired) electrons. The number of carbonyl (C=O) groups excluding carboxylic acids is 2. The fourth-order valence-corrected chi connectivity index (χ4v) is 2.14. The highest BCUT2D eigenvalue weighted by Crippen LogP contribution is 2.39. The van der Waals surface area contributed by atoms with Crippen LogP contribution in [-0.4, -0.2) is 23.3 Å². The molecule has 1 fully saturated rings. The number of nitrogen functional groups attached to an aromatic ring is 1. The Balaban J connectivity index is 2.07. The molecule has 0 saturated heterocycles. The normalized spacial score (nSPS) is 20.9. The summed E-state index contributed by atoms with van der Waals surface area (Å²) in [5, 5.41) is 0. The van der Waals surface area contributed by atoms with Crippen molar-refractivity contribution in [3.05, 3.63) is 29.8 Å². The van der Waals surface area contributed by atoms with Crippen LogP contribution in [0.3, 0.4) is 0 Å². The molecule has 0 aromatic heterocycles. The molecule has 2 atom stereocenters. The molecule has 4 N–H and O–H groups in total. The zero-order valence-electron chi connectivity index (χ0n) is 11.0. The minimum absolute atomic E-state index is 0.0168. The standard InChI is InChI=1S/C14H19N3O2/c1-9-6-12(9)14(19)17(8-13(16)18)7-10-2-4-11(15)5-3-10/h2-5,9,12H,6-8,15H2,1H3,(H2,16,18). The summed E-state index contributed by atoms with van der Waals surface area (Å²) in [6.07, 6.45) is 0.899. The topological polar surface area (TPSA) is 89.4 Å². The average molecular weight is 261 g/mol. The number of hydrogen-bond acceptors (Lipinski definition) is 3. The van der Waals surface area contributed by atoms with E-state index in [1.807, 2.05) is 19.1 Å². The van der Waals surface area contributed by atoms with Crippen LogP contribution in [0.1, 0.15) is 18.9 Å². The van der Waals surface area contributed by atoms with Gasteiger partial charge < -0.3 is 16.4 Å². The van der Waals surface area contributed by atoms with Crippen LogP contribution in [0.25, 0.3) is 0 Å². The Morgan fingerprint density at radius 3 is 2.37 bits per heavy atom. The third-order valence-corrected chi connectivity index (χ3v) is 3.44. The number of hydrogen-bond donors (Lipinski definition) is 2.